The fourth-order valence-corrected chi connectivity index (χ4v) is 4.13. The maximum absolute atomic E-state index is 15.0. The Labute approximate surface area is 241 Å². The van der Waals surface area contributed by atoms with Gasteiger partial charge < -0.3 is 15.4 Å². The minimum Gasteiger partial charge on any atom is -0.438 e. The predicted octanol–water partition coefficient (Wildman–Crippen LogP) is 5.81. The molecule has 0 fully saturated rings. The molecule has 8 nitrogen and oxygen atoms in total. The van der Waals surface area contributed by atoms with Crippen molar-refractivity contribution in [3.05, 3.63) is 143 Å². The van der Waals surface area contributed by atoms with Crippen molar-refractivity contribution in [3.8, 4) is 28.8 Å². The number of nitriles is 1. The van der Waals surface area contributed by atoms with Crippen LogP contribution in [0.4, 0.5) is 4.39 Å². The summed E-state index contributed by atoms with van der Waals surface area (Å²) in [5, 5.41) is 14.7. The molecule has 0 radical (unpaired) electrons. The Morgan fingerprint density at radius 1 is 0.810 bits per heavy atom. The number of nitrogens with one attached hydrogen (secondary N) is 2. The van der Waals surface area contributed by atoms with Crippen LogP contribution in [-0.4, -0.2) is 21.8 Å². The molecular weight excluding hydrogens is 533 g/mol. The highest BCUT2D eigenvalue weighted by molar-refractivity contribution is 5.96. The number of nitrogens with zero attached hydrogens (tertiary/aromatic N) is 3. The zero-order valence-corrected chi connectivity index (χ0v) is 22.3. The highest BCUT2D eigenvalue weighted by atomic mass is 19.1. The van der Waals surface area contributed by atoms with E-state index in [2.05, 4.69) is 20.6 Å². The lowest BCUT2D eigenvalue weighted by molar-refractivity contribution is 0.0940. The lowest BCUT2D eigenvalue weighted by atomic mass is 10.0. The van der Waals surface area contributed by atoms with Gasteiger partial charge >= 0.3 is 0 Å². The van der Waals surface area contributed by atoms with Crippen LogP contribution < -0.4 is 15.4 Å². The quantitative estimate of drug-likeness (QED) is 0.236. The Bertz CT molecular complexity index is 1770. The summed E-state index contributed by atoms with van der Waals surface area (Å²) in [6.07, 6.45) is 3.15. The first-order valence-corrected chi connectivity index (χ1v) is 13.0. The first-order chi connectivity index (χ1) is 20.5. The summed E-state index contributed by atoms with van der Waals surface area (Å²) in [5.41, 5.74) is 3.36. The topological polar surface area (TPSA) is 117 Å². The molecule has 5 rings (SSSR count). The molecule has 9 heteroatoms. The van der Waals surface area contributed by atoms with Crippen LogP contribution in [0.1, 0.15) is 37.5 Å². The summed E-state index contributed by atoms with van der Waals surface area (Å²) in [5.74, 6) is -0.796. The molecule has 42 heavy (non-hydrogen) atoms. The molecule has 2 heterocycles. The third-order valence-corrected chi connectivity index (χ3v) is 6.30. The van der Waals surface area contributed by atoms with E-state index in [1.807, 2.05) is 12.1 Å². The van der Waals surface area contributed by atoms with Crippen LogP contribution in [0.3, 0.4) is 0 Å². The highest BCUT2D eigenvalue weighted by Gasteiger charge is 2.15. The van der Waals surface area contributed by atoms with Crippen molar-refractivity contribution in [1.82, 2.24) is 20.6 Å². The monoisotopic (exact) mass is 557 g/mol. The van der Waals surface area contributed by atoms with Gasteiger partial charge in [-0.05, 0) is 65.7 Å². The zero-order chi connectivity index (χ0) is 29.3. The Morgan fingerprint density at radius 2 is 1.62 bits per heavy atom. The molecule has 3 aromatic carbocycles. The SMILES string of the molecule is N#Cc1cccc(Oc2ncccc2C(=O)NCc2ccc(-c3ccc(C(=O)NCc4ccccn4)cc3F)cc2)c1. The maximum atomic E-state index is 15.0. The number of rotatable bonds is 9. The Hall–Kier alpha value is -5.88. The molecule has 206 valence electrons. The van der Waals surface area contributed by atoms with Crippen molar-refractivity contribution in [3.63, 3.8) is 0 Å². The van der Waals surface area contributed by atoms with Gasteiger partial charge in [0.25, 0.3) is 11.8 Å². The van der Waals surface area contributed by atoms with E-state index in [4.69, 9.17) is 10.00 Å². The second kappa shape index (κ2) is 13.0. The number of benzene rings is 3. The van der Waals surface area contributed by atoms with Gasteiger partial charge in [0.2, 0.25) is 5.88 Å². The summed E-state index contributed by atoms with van der Waals surface area (Å²) >= 11 is 0. The van der Waals surface area contributed by atoms with E-state index in [1.165, 1.54) is 12.3 Å². The van der Waals surface area contributed by atoms with Crippen molar-refractivity contribution in [2.45, 2.75) is 13.1 Å². The molecule has 0 saturated carbocycles. The van der Waals surface area contributed by atoms with Gasteiger partial charge in [-0.15, -0.1) is 0 Å². The van der Waals surface area contributed by atoms with E-state index in [9.17, 15) is 14.0 Å². The number of hydrogen-bond acceptors (Lipinski definition) is 6. The third-order valence-electron chi connectivity index (χ3n) is 6.30. The minimum atomic E-state index is -0.522. The number of ether oxygens (including phenoxy) is 1. The number of carbonyl (C=O) groups excluding carboxylic acids is 2. The molecule has 0 spiro atoms. The van der Waals surface area contributed by atoms with Gasteiger partial charge in [-0.3, -0.25) is 14.6 Å². The fourth-order valence-electron chi connectivity index (χ4n) is 4.13. The van der Waals surface area contributed by atoms with Gasteiger partial charge in [-0.2, -0.15) is 5.26 Å². The Morgan fingerprint density at radius 3 is 2.38 bits per heavy atom. The summed E-state index contributed by atoms with van der Waals surface area (Å²) in [4.78, 5) is 33.7. The van der Waals surface area contributed by atoms with E-state index in [0.29, 0.717) is 28.1 Å². The van der Waals surface area contributed by atoms with Crippen molar-refractivity contribution in [2.75, 3.05) is 0 Å². The van der Waals surface area contributed by atoms with E-state index >= 15 is 0 Å². The average Bonchev–Trinajstić information content (AvgIpc) is 3.03. The zero-order valence-electron chi connectivity index (χ0n) is 22.3. The van der Waals surface area contributed by atoms with E-state index in [-0.39, 0.29) is 36.0 Å². The molecule has 2 N–H and O–H groups in total. The Kier molecular flexibility index (Phi) is 8.56. The van der Waals surface area contributed by atoms with Crippen LogP contribution in [0.15, 0.2) is 109 Å². The molecule has 2 amide bonds. The van der Waals surface area contributed by atoms with Gasteiger partial charge in [-0.25, -0.2) is 9.37 Å². The largest absolute Gasteiger partial charge is 0.438 e. The van der Waals surface area contributed by atoms with E-state index < -0.39 is 11.7 Å². The van der Waals surface area contributed by atoms with Crippen molar-refractivity contribution >= 4 is 11.8 Å². The number of pyridine rings is 2. The number of amides is 2. The smallest absolute Gasteiger partial charge is 0.257 e. The third kappa shape index (κ3) is 6.81. The van der Waals surface area contributed by atoms with Crippen molar-refractivity contribution in [1.29, 1.82) is 5.26 Å². The summed E-state index contributed by atoms with van der Waals surface area (Å²) in [6, 6.07) is 28.7. The number of hydrogen-bond donors (Lipinski definition) is 2. The van der Waals surface area contributed by atoms with Crippen LogP contribution in [-0.2, 0) is 13.1 Å². The standard InChI is InChI=1S/C33H24FN5O3/c34-30-18-25(31(40)39-21-26-6-1-2-15-36-26)13-14-28(30)24-11-9-22(10-12-24)20-38-32(41)29-8-4-16-37-33(29)42-27-7-3-5-23(17-27)19-35/h1-18H,20-21H2,(H,38,41)(H,39,40). The lowest BCUT2D eigenvalue weighted by Gasteiger charge is -2.11. The van der Waals surface area contributed by atoms with Crippen molar-refractivity contribution in [2.24, 2.45) is 0 Å². The van der Waals surface area contributed by atoms with E-state index in [1.54, 1.807) is 91.1 Å². The van der Waals surface area contributed by atoms with Crippen LogP contribution in [0, 0.1) is 17.1 Å². The average molecular weight is 558 g/mol. The van der Waals surface area contributed by atoms with Crippen LogP contribution in [0.5, 0.6) is 11.6 Å². The Balaban J connectivity index is 1.20. The van der Waals surface area contributed by atoms with Crippen molar-refractivity contribution < 1.29 is 18.7 Å². The number of aromatic nitrogens is 2. The minimum absolute atomic E-state index is 0.116. The van der Waals surface area contributed by atoms with Gasteiger partial charge in [0.15, 0.2) is 0 Å². The molecular formula is C33H24FN5O3. The summed E-state index contributed by atoms with van der Waals surface area (Å²) < 4.78 is 20.7. The second-order valence-corrected chi connectivity index (χ2v) is 9.18. The summed E-state index contributed by atoms with van der Waals surface area (Å²) in [7, 11) is 0. The molecule has 0 saturated heterocycles. The molecule has 0 aliphatic rings. The molecule has 0 unspecified atom stereocenters. The molecule has 0 aliphatic carbocycles. The fraction of sp³-hybridized carbons (Fsp3) is 0.0606. The number of carbonyl (C=O) groups is 2. The number of halogens is 1. The maximum Gasteiger partial charge on any atom is 0.257 e. The van der Waals surface area contributed by atoms with E-state index in [0.717, 1.165) is 5.56 Å². The first kappa shape index (κ1) is 27.7. The molecule has 5 aromatic rings. The van der Waals surface area contributed by atoms with Crippen LogP contribution in [0.2, 0.25) is 0 Å². The first-order valence-electron chi connectivity index (χ1n) is 13.0. The normalized spacial score (nSPS) is 10.4. The second-order valence-electron chi connectivity index (χ2n) is 9.18. The lowest BCUT2D eigenvalue weighted by Crippen LogP contribution is -2.23. The van der Waals surface area contributed by atoms with Gasteiger partial charge in [0.05, 0.1) is 23.9 Å². The van der Waals surface area contributed by atoms with Gasteiger partial charge in [0.1, 0.15) is 17.1 Å². The molecule has 0 atom stereocenters. The molecule has 0 aliphatic heterocycles. The van der Waals surface area contributed by atoms with Crippen LogP contribution in [0.25, 0.3) is 11.1 Å². The predicted molar refractivity (Wildman–Crippen MR) is 154 cm³/mol. The van der Waals surface area contributed by atoms with Gasteiger partial charge in [0, 0.05) is 30.1 Å². The molecule has 0 bridgehead atoms. The van der Waals surface area contributed by atoms with Crippen LogP contribution >= 0.6 is 0 Å². The molecule has 2 aromatic heterocycles. The highest BCUT2D eigenvalue weighted by Crippen LogP contribution is 2.25. The summed E-state index contributed by atoms with van der Waals surface area (Å²) in [6.45, 7) is 0.460. The van der Waals surface area contributed by atoms with Gasteiger partial charge in [-0.1, -0.05) is 42.5 Å².